The number of ether oxygens (including phenoxy) is 1. The Bertz CT molecular complexity index is 1100. The van der Waals surface area contributed by atoms with Crippen molar-refractivity contribution in [3.8, 4) is 5.75 Å². The smallest absolute Gasteiger partial charge is 0.261 e. The lowest BCUT2D eigenvalue weighted by molar-refractivity contribution is -0.143. The number of halogens is 2. The highest BCUT2D eigenvalue weighted by Gasteiger charge is 2.29. The molecule has 0 unspecified atom stereocenters. The molecule has 33 heavy (non-hydrogen) atoms. The van der Waals surface area contributed by atoms with Gasteiger partial charge in [-0.15, -0.1) is 0 Å². The minimum absolute atomic E-state index is 0.180. The fourth-order valence-electron chi connectivity index (χ4n) is 3.62. The molecule has 0 spiro atoms. The van der Waals surface area contributed by atoms with E-state index in [9.17, 15) is 14.0 Å². The highest BCUT2D eigenvalue weighted by atomic mass is 79.9. The highest BCUT2D eigenvalue weighted by molar-refractivity contribution is 9.10. The molecule has 0 aliphatic rings. The molecule has 1 atom stereocenters. The van der Waals surface area contributed by atoms with Gasteiger partial charge in [-0.3, -0.25) is 9.59 Å². The van der Waals surface area contributed by atoms with Crippen molar-refractivity contribution in [2.24, 2.45) is 0 Å². The van der Waals surface area contributed by atoms with Gasteiger partial charge in [-0.05, 0) is 63.3 Å². The molecule has 0 heterocycles. The third-order valence-electron chi connectivity index (χ3n) is 5.38. The number of amides is 2. The number of nitrogens with zero attached hydrogens (tertiary/aromatic N) is 1. The lowest BCUT2D eigenvalue weighted by Gasteiger charge is -2.30. The van der Waals surface area contributed by atoms with E-state index in [0.29, 0.717) is 18.7 Å². The number of benzene rings is 3. The lowest BCUT2D eigenvalue weighted by Crippen LogP contribution is -2.50. The first-order chi connectivity index (χ1) is 15.9. The number of carbonyl (C=O) groups excluding carboxylic acids is 2. The summed E-state index contributed by atoms with van der Waals surface area (Å²) in [6, 6.07) is 16.9. The molecule has 3 aromatic rings. The average Bonchev–Trinajstić information content (AvgIpc) is 2.83. The van der Waals surface area contributed by atoms with Gasteiger partial charge < -0.3 is 15.0 Å². The molecule has 0 fully saturated rings. The number of rotatable bonds is 10. The lowest BCUT2D eigenvalue weighted by atomic mass is 10.1. The Morgan fingerprint density at radius 3 is 2.48 bits per heavy atom. The second kappa shape index (κ2) is 11.8. The van der Waals surface area contributed by atoms with Crippen molar-refractivity contribution in [3.05, 3.63) is 76.5 Å². The van der Waals surface area contributed by atoms with Gasteiger partial charge in [0.2, 0.25) is 5.91 Å². The summed E-state index contributed by atoms with van der Waals surface area (Å²) in [6.45, 7) is 4.32. The first kappa shape index (κ1) is 24.7. The van der Waals surface area contributed by atoms with Crippen molar-refractivity contribution < 1.29 is 18.7 Å². The average molecular weight is 515 g/mol. The van der Waals surface area contributed by atoms with Crippen LogP contribution in [0.3, 0.4) is 0 Å². The Kier molecular flexibility index (Phi) is 8.83. The van der Waals surface area contributed by atoms with Crippen LogP contribution >= 0.6 is 15.9 Å². The van der Waals surface area contributed by atoms with Crippen molar-refractivity contribution in [2.75, 3.05) is 13.2 Å². The van der Waals surface area contributed by atoms with Gasteiger partial charge in [0.1, 0.15) is 17.6 Å². The number of hydrogen-bond donors (Lipinski definition) is 1. The highest BCUT2D eigenvalue weighted by Crippen LogP contribution is 2.33. The monoisotopic (exact) mass is 514 g/mol. The molecular formula is C26H28BrFN2O3. The van der Waals surface area contributed by atoms with Crippen LogP contribution in [-0.2, 0) is 16.1 Å². The van der Waals surface area contributed by atoms with Crippen LogP contribution in [0.2, 0.25) is 0 Å². The second-order valence-electron chi connectivity index (χ2n) is 7.75. The topological polar surface area (TPSA) is 58.6 Å². The van der Waals surface area contributed by atoms with E-state index in [1.807, 2.05) is 50.2 Å². The summed E-state index contributed by atoms with van der Waals surface area (Å²) in [6.07, 6.45) is 1.25. The zero-order valence-electron chi connectivity index (χ0n) is 18.8. The Morgan fingerprint density at radius 2 is 1.79 bits per heavy atom. The Balaban J connectivity index is 1.81. The molecule has 3 rings (SSSR count). The van der Waals surface area contributed by atoms with Crippen LogP contribution in [0.1, 0.15) is 32.3 Å². The number of fused-ring (bicyclic) bond motifs is 1. The van der Waals surface area contributed by atoms with Gasteiger partial charge in [0.25, 0.3) is 5.91 Å². The summed E-state index contributed by atoms with van der Waals surface area (Å²) in [7, 11) is 0. The maximum atomic E-state index is 13.4. The fourth-order valence-corrected chi connectivity index (χ4v) is 4.23. The van der Waals surface area contributed by atoms with Crippen molar-refractivity contribution in [2.45, 2.75) is 39.3 Å². The maximum Gasteiger partial charge on any atom is 0.261 e. The number of hydrogen-bond acceptors (Lipinski definition) is 3. The summed E-state index contributed by atoms with van der Waals surface area (Å²) < 4.78 is 20.0. The normalized spacial score (nSPS) is 11.8. The molecule has 0 saturated carbocycles. The van der Waals surface area contributed by atoms with Crippen LogP contribution < -0.4 is 10.1 Å². The first-order valence-corrected chi connectivity index (χ1v) is 11.9. The molecule has 3 aromatic carbocycles. The van der Waals surface area contributed by atoms with Crippen LogP contribution in [-0.4, -0.2) is 35.9 Å². The molecule has 0 aliphatic carbocycles. The van der Waals surface area contributed by atoms with Crippen molar-refractivity contribution in [1.29, 1.82) is 0 Å². The predicted molar refractivity (Wildman–Crippen MR) is 131 cm³/mol. The zero-order valence-corrected chi connectivity index (χ0v) is 20.4. The summed E-state index contributed by atoms with van der Waals surface area (Å²) in [5.74, 6) is -0.333. The van der Waals surface area contributed by atoms with Crippen molar-refractivity contribution in [1.82, 2.24) is 10.2 Å². The SMILES string of the molecule is CCCNC(=O)[C@@H](CC)N(Cc1ccc(F)cc1)C(=O)COc1ccc2ccccc2c1Br. The van der Waals surface area contributed by atoms with Gasteiger partial charge in [-0.25, -0.2) is 4.39 Å². The molecule has 0 bridgehead atoms. The van der Waals surface area contributed by atoms with Gasteiger partial charge in [-0.1, -0.05) is 56.3 Å². The van der Waals surface area contributed by atoms with Crippen molar-refractivity contribution in [3.63, 3.8) is 0 Å². The molecule has 0 aromatic heterocycles. The van der Waals surface area contributed by atoms with E-state index in [4.69, 9.17) is 4.74 Å². The minimum atomic E-state index is -0.655. The number of carbonyl (C=O) groups is 2. The van der Waals surface area contributed by atoms with E-state index >= 15 is 0 Å². The molecule has 174 valence electrons. The van der Waals surface area contributed by atoms with E-state index in [1.54, 1.807) is 12.1 Å². The second-order valence-corrected chi connectivity index (χ2v) is 8.54. The standard InChI is InChI=1S/C26H28BrFN2O3/c1-3-15-29-26(32)22(4-2)30(16-18-9-12-20(28)13-10-18)24(31)17-33-23-14-11-19-7-5-6-8-21(19)25(23)27/h5-14,22H,3-4,15-17H2,1-2H3,(H,29,32)/t22-/m1/s1. The molecule has 0 radical (unpaired) electrons. The van der Waals surface area contributed by atoms with Crippen molar-refractivity contribution >= 4 is 38.5 Å². The summed E-state index contributed by atoms with van der Waals surface area (Å²) in [4.78, 5) is 27.6. The molecule has 2 amide bonds. The summed E-state index contributed by atoms with van der Waals surface area (Å²) in [5, 5.41) is 4.91. The summed E-state index contributed by atoms with van der Waals surface area (Å²) >= 11 is 3.57. The molecule has 5 nitrogen and oxygen atoms in total. The third kappa shape index (κ3) is 6.32. The van der Waals surface area contributed by atoms with E-state index < -0.39 is 6.04 Å². The van der Waals surface area contributed by atoms with E-state index in [2.05, 4.69) is 21.2 Å². The van der Waals surface area contributed by atoms with E-state index in [-0.39, 0.29) is 30.8 Å². The first-order valence-electron chi connectivity index (χ1n) is 11.1. The summed E-state index contributed by atoms with van der Waals surface area (Å²) in [5.41, 5.74) is 0.735. The van der Waals surface area contributed by atoms with Gasteiger partial charge >= 0.3 is 0 Å². The largest absolute Gasteiger partial charge is 0.483 e. The van der Waals surface area contributed by atoms with Gasteiger partial charge in [0, 0.05) is 13.1 Å². The van der Waals surface area contributed by atoms with Crippen LogP contribution in [0.15, 0.2) is 65.1 Å². The van der Waals surface area contributed by atoms with Crippen LogP contribution in [0.4, 0.5) is 4.39 Å². The number of nitrogens with one attached hydrogen (secondary N) is 1. The Hall–Kier alpha value is -2.93. The van der Waals surface area contributed by atoms with Crippen LogP contribution in [0.25, 0.3) is 10.8 Å². The Labute approximate surface area is 202 Å². The molecule has 0 saturated heterocycles. The van der Waals surface area contributed by atoms with Gasteiger partial charge in [-0.2, -0.15) is 0 Å². The fraction of sp³-hybridized carbons (Fsp3) is 0.308. The minimum Gasteiger partial charge on any atom is -0.483 e. The Morgan fingerprint density at radius 1 is 1.06 bits per heavy atom. The molecule has 0 aliphatic heterocycles. The maximum absolute atomic E-state index is 13.4. The third-order valence-corrected chi connectivity index (χ3v) is 6.20. The van der Waals surface area contributed by atoms with Crippen LogP contribution in [0.5, 0.6) is 5.75 Å². The molecule has 1 N–H and O–H groups in total. The predicted octanol–water partition coefficient (Wildman–Crippen LogP) is 5.45. The zero-order chi connectivity index (χ0) is 23.8. The van der Waals surface area contributed by atoms with Gasteiger partial charge in [0.15, 0.2) is 6.61 Å². The molecule has 7 heteroatoms. The quantitative estimate of drug-likeness (QED) is 0.391. The molecular weight excluding hydrogens is 487 g/mol. The van der Waals surface area contributed by atoms with Gasteiger partial charge in [0.05, 0.1) is 4.47 Å². The van der Waals surface area contributed by atoms with E-state index in [1.165, 1.54) is 17.0 Å². The van der Waals surface area contributed by atoms with Crippen LogP contribution in [0, 0.1) is 5.82 Å². The van der Waals surface area contributed by atoms with E-state index in [0.717, 1.165) is 27.2 Å².